The van der Waals surface area contributed by atoms with E-state index in [1.807, 2.05) is 0 Å². The van der Waals surface area contributed by atoms with Gasteiger partial charge >= 0.3 is 0 Å². The zero-order chi connectivity index (χ0) is 14.4. The first-order chi connectivity index (χ1) is 10.2. The van der Waals surface area contributed by atoms with E-state index in [4.69, 9.17) is 23.2 Å². The van der Waals surface area contributed by atoms with E-state index in [-0.39, 0.29) is 6.04 Å². The lowest BCUT2D eigenvalue weighted by molar-refractivity contribution is 0.763. The van der Waals surface area contributed by atoms with Gasteiger partial charge in [-0.25, -0.2) is 0 Å². The maximum atomic E-state index is 6.36. The number of aryl methyl sites for hydroxylation is 1. The van der Waals surface area contributed by atoms with Crippen molar-refractivity contribution in [2.45, 2.75) is 18.9 Å². The Morgan fingerprint density at radius 2 is 1.90 bits per heavy atom. The van der Waals surface area contributed by atoms with E-state index in [1.54, 1.807) is 6.07 Å². The highest BCUT2D eigenvalue weighted by Crippen LogP contribution is 2.40. The number of hydrogen-bond donors (Lipinski definition) is 1. The molecule has 0 radical (unpaired) electrons. The van der Waals surface area contributed by atoms with Gasteiger partial charge in [0, 0.05) is 0 Å². The monoisotopic (exact) mass is 335 g/mol. The lowest BCUT2D eigenvalue weighted by Crippen LogP contribution is -2.08. The van der Waals surface area contributed by atoms with E-state index in [0.717, 1.165) is 35.8 Å². The van der Waals surface area contributed by atoms with Crippen LogP contribution >= 0.6 is 34.9 Å². The summed E-state index contributed by atoms with van der Waals surface area (Å²) in [5, 5.41) is 4.67. The average molecular weight is 336 g/mol. The largest absolute Gasteiger partial charge is 0.375 e. The van der Waals surface area contributed by atoms with Gasteiger partial charge in [0.05, 0.1) is 33.5 Å². The van der Waals surface area contributed by atoms with Gasteiger partial charge in [-0.05, 0) is 30.0 Å². The Morgan fingerprint density at radius 1 is 1.10 bits per heavy atom. The lowest BCUT2D eigenvalue weighted by atomic mass is 10.1. The molecule has 0 aliphatic heterocycles. The molecule has 3 aromatic rings. The molecule has 21 heavy (non-hydrogen) atoms. The molecule has 106 valence electrons. The molecule has 0 saturated heterocycles. The molecule has 1 aliphatic carbocycles. The summed E-state index contributed by atoms with van der Waals surface area (Å²) in [6.45, 7) is 0. The van der Waals surface area contributed by atoms with Crippen molar-refractivity contribution in [3.05, 3.63) is 51.5 Å². The smallest absolute Gasteiger partial charge is 0.130 e. The summed E-state index contributed by atoms with van der Waals surface area (Å²) in [4.78, 5) is 0. The molecule has 1 atom stereocenters. The second-order valence-electron chi connectivity index (χ2n) is 5.11. The maximum absolute atomic E-state index is 6.36. The van der Waals surface area contributed by atoms with Crippen LogP contribution in [0.5, 0.6) is 0 Å². The summed E-state index contributed by atoms with van der Waals surface area (Å²) in [6, 6.07) is 10.5. The molecule has 1 heterocycles. The fourth-order valence-electron chi connectivity index (χ4n) is 2.89. The molecule has 1 aliphatic rings. The van der Waals surface area contributed by atoms with Gasteiger partial charge < -0.3 is 5.32 Å². The number of nitrogens with zero attached hydrogens (tertiary/aromatic N) is 2. The van der Waals surface area contributed by atoms with Crippen molar-refractivity contribution in [1.29, 1.82) is 0 Å². The highest BCUT2D eigenvalue weighted by atomic mass is 35.5. The van der Waals surface area contributed by atoms with Crippen LogP contribution in [0.2, 0.25) is 10.0 Å². The quantitative estimate of drug-likeness (QED) is 0.708. The Balaban J connectivity index is 1.78. The molecule has 1 aromatic heterocycles. The van der Waals surface area contributed by atoms with Crippen LogP contribution in [-0.4, -0.2) is 8.75 Å². The minimum absolute atomic E-state index is 0.254. The van der Waals surface area contributed by atoms with Crippen LogP contribution in [0.1, 0.15) is 23.6 Å². The Kier molecular flexibility index (Phi) is 3.25. The van der Waals surface area contributed by atoms with Crippen LogP contribution in [0.4, 0.5) is 5.69 Å². The predicted molar refractivity (Wildman–Crippen MR) is 88.6 cm³/mol. The van der Waals surface area contributed by atoms with E-state index in [9.17, 15) is 0 Å². The van der Waals surface area contributed by atoms with Crippen LogP contribution in [0.3, 0.4) is 0 Å². The van der Waals surface area contributed by atoms with Gasteiger partial charge in [0.15, 0.2) is 0 Å². The first-order valence-electron chi connectivity index (χ1n) is 6.68. The van der Waals surface area contributed by atoms with Crippen LogP contribution in [0, 0.1) is 0 Å². The number of halogens is 2. The number of hydrogen-bond acceptors (Lipinski definition) is 4. The van der Waals surface area contributed by atoms with Crippen LogP contribution in [0.15, 0.2) is 30.3 Å². The molecular weight excluding hydrogens is 325 g/mol. The summed E-state index contributed by atoms with van der Waals surface area (Å²) in [5.74, 6) is 0. The molecule has 6 heteroatoms. The first kappa shape index (κ1) is 13.3. The van der Waals surface area contributed by atoms with Gasteiger partial charge in [0.1, 0.15) is 11.0 Å². The summed E-state index contributed by atoms with van der Waals surface area (Å²) >= 11 is 13.7. The van der Waals surface area contributed by atoms with E-state index in [0.29, 0.717) is 15.6 Å². The van der Waals surface area contributed by atoms with Gasteiger partial charge in [0.25, 0.3) is 0 Å². The summed E-state index contributed by atoms with van der Waals surface area (Å²) in [5.41, 5.74) is 5.01. The fraction of sp³-hybridized carbons (Fsp3) is 0.200. The van der Waals surface area contributed by atoms with Gasteiger partial charge in [-0.2, -0.15) is 8.75 Å². The second kappa shape index (κ2) is 5.13. The number of rotatable bonds is 2. The zero-order valence-corrected chi connectivity index (χ0v) is 13.3. The average Bonchev–Trinajstić information content (AvgIpc) is 3.11. The molecule has 2 aromatic carbocycles. The van der Waals surface area contributed by atoms with Crippen molar-refractivity contribution in [3.63, 3.8) is 0 Å². The van der Waals surface area contributed by atoms with Crippen LogP contribution in [-0.2, 0) is 6.42 Å². The molecule has 0 saturated carbocycles. The van der Waals surface area contributed by atoms with E-state index in [2.05, 4.69) is 38.3 Å². The maximum Gasteiger partial charge on any atom is 0.130 e. The molecule has 0 amide bonds. The number of aromatic nitrogens is 2. The molecule has 1 N–H and O–H groups in total. The summed E-state index contributed by atoms with van der Waals surface area (Å²) in [7, 11) is 0. The fourth-order valence-corrected chi connectivity index (χ4v) is 4.06. The first-order valence-corrected chi connectivity index (χ1v) is 8.17. The van der Waals surface area contributed by atoms with Crippen molar-refractivity contribution in [2.75, 3.05) is 5.32 Å². The van der Waals surface area contributed by atoms with Crippen LogP contribution < -0.4 is 5.32 Å². The lowest BCUT2D eigenvalue weighted by Gasteiger charge is -2.17. The third-order valence-corrected chi connectivity index (χ3v) is 5.01. The number of fused-ring (bicyclic) bond motifs is 2. The Bertz CT molecular complexity index is 831. The molecule has 0 fully saturated rings. The Labute approximate surface area is 136 Å². The Hall–Kier alpha value is -1.36. The third kappa shape index (κ3) is 2.18. The highest BCUT2D eigenvalue weighted by Gasteiger charge is 2.24. The van der Waals surface area contributed by atoms with Crippen molar-refractivity contribution >= 4 is 51.7 Å². The molecule has 0 bridgehead atoms. The van der Waals surface area contributed by atoms with E-state index >= 15 is 0 Å². The van der Waals surface area contributed by atoms with Crippen molar-refractivity contribution in [3.8, 4) is 0 Å². The highest BCUT2D eigenvalue weighted by molar-refractivity contribution is 7.00. The van der Waals surface area contributed by atoms with Crippen molar-refractivity contribution < 1.29 is 0 Å². The molecular formula is C15H11Cl2N3S. The second-order valence-corrected chi connectivity index (χ2v) is 6.45. The van der Waals surface area contributed by atoms with E-state index in [1.165, 1.54) is 11.1 Å². The van der Waals surface area contributed by atoms with Crippen molar-refractivity contribution in [1.82, 2.24) is 8.75 Å². The van der Waals surface area contributed by atoms with Gasteiger partial charge in [-0.15, -0.1) is 0 Å². The van der Waals surface area contributed by atoms with Crippen LogP contribution in [0.25, 0.3) is 11.0 Å². The predicted octanol–water partition coefficient (Wildman–Crippen LogP) is 5.10. The normalized spacial score (nSPS) is 17.1. The van der Waals surface area contributed by atoms with Crippen molar-refractivity contribution in [2.24, 2.45) is 0 Å². The van der Waals surface area contributed by atoms with Gasteiger partial charge in [-0.3, -0.25) is 0 Å². The SMILES string of the molecule is Clc1cc(Cl)c2nsnc2c1NC1CCc2ccccc21. The minimum Gasteiger partial charge on any atom is -0.375 e. The standard InChI is InChI=1S/C15H11Cl2N3S/c16-10-7-11(17)14-15(20-21-19-14)13(10)18-12-6-5-8-3-1-2-4-9(8)12/h1-4,7,12,18H,5-6H2. The zero-order valence-electron chi connectivity index (χ0n) is 10.9. The number of benzene rings is 2. The summed E-state index contributed by atoms with van der Waals surface area (Å²) < 4.78 is 8.58. The number of anilines is 1. The molecule has 0 spiro atoms. The van der Waals surface area contributed by atoms with E-state index < -0.39 is 0 Å². The van der Waals surface area contributed by atoms with Gasteiger partial charge in [0.2, 0.25) is 0 Å². The van der Waals surface area contributed by atoms with Gasteiger partial charge in [-0.1, -0.05) is 47.5 Å². The molecule has 3 nitrogen and oxygen atoms in total. The molecule has 1 unspecified atom stereocenters. The topological polar surface area (TPSA) is 37.8 Å². The molecule has 4 rings (SSSR count). The minimum atomic E-state index is 0.254. The Morgan fingerprint density at radius 3 is 2.81 bits per heavy atom. The summed E-state index contributed by atoms with van der Waals surface area (Å²) in [6.07, 6.45) is 2.13. The number of nitrogens with one attached hydrogen (secondary N) is 1. The third-order valence-electron chi connectivity index (χ3n) is 3.90.